The van der Waals surface area contributed by atoms with E-state index in [2.05, 4.69) is 21.7 Å². The lowest BCUT2D eigenvalue weighted by molar-refractivity contribution is 0.300. The number of aryl methyl sites for hydroxylation is 1. The molecule has 3 N–H and O–H groups in total. The topological polar surface area (TPSA) is 65.9 Å². The van der Waals surface area contributed by atoms with Gasteiger partial charge in [0.1, 0.15) is 5.75 Å². The molecule has 0 saturated heterocycles. The van der Waals surface area contributed by atoms with Crippen LogP contribution in [0, 0.1) is 6.92 Å². The molecule has 21 heavy (non-hydrogen) atoms. The Labute approximate surface area is 144 Å². The lowest BCUT2D eigenvalue weighted by atomic mass is 10.1. The molecule has 0 aliphatic carbocycles. The molecule has 1 aromatic rings. The second kappa shape index (κ2) is 11.6. The van der Waals surface area contributed by atoms with Gasteiger partial charge in [-0.1, -0.05) is 12.1 Å². The average Bonchev–Trinajstić information content (AvgIpc) is 2.44. The van der Waals surface area contributed by atoms with Gasteiger partial charge in [-0.3, -0.25) is 0 Å². The zero-order valence-electron chi connectivity index (χ0n) is 13.0. The Morgan fingerprint density at radius 3 is 2.67 bits per heavy atom. The van der Waals surface area contributed by atoms with E-state index in [4.69, 9.17) is 9.84 Å². The van der Waals surface area contributed by atoms with Gasteiger partial charge in [-0.25, -0.2) is 4.99 Å². The number of hydrogen-bond donors (Lipinski definition) is 3. The van der Waals surface area contributed by atoms with Crippen molar-refractivity contribution >= 4 is 29.9 Å². The van der Waals surface area contributed by atoms with Crippen molar-refractivity contribution in [1.82, 2.24) is 10.6 Å². The fourth-order valence-corrected chi connectivity index (χ4v) is 1.76. The molecule has 1 aromatic carbocycles. The Morgan fingerprint density at radius 2 is 2.05 bits per heavy atom. The Hall–Kier alpha value is -1.02. The Balaban J connectivity index is 0.00000400. The SMILES string of the molecule is CCNC(=NCc1ccc(C)cc1OCC)NCCO.I. The number of hydrogen-bond acceptors (Lipinski definition) is 3. The van der Waals surface area contributed by atoms with Gasteiger partial charge in [0.2, 0.25) is 0 Å². The van der Waals surface area contributed by atoms with E-state index in [1.807, 2.05) is 32.9 Å². The number of rotatable bonds is 7. The minimum Gasteiger partial charge on any atom is -0.494 e. The minimum atomic E-state index is 0. The van der Waals surface area contributed by atoms with Crippen LogP contribution in [0.15, 0.2) is 23.2 Å². The summed E-state index contributed by atoms with van der Waals surface area (Å²) in [5.41, 5.74) is 2.23. The third-order valence-corrected chi connectivity index (χ3v) is 2.68. The van der Waals surface area contributed by atoms with Gasteiger partial charge in [0, 0.05) is 18.7 Å². The van der Waals surface area contributed by atoms with E-state index in [1.165, 1.54) is 5.56 Å². The maximum atomic E-state index is 8.85. The molecular weight excluding hydrogens is 381 g/mol. The first-order valence-corrected chi connectivity index (χ1v) is 7.06. The van der Waals surface area contributed by atoms with Crippen molar-refractivity contribution in [3.8, 4) is 5.75 Å². The predicted molar refractivity (Wildman–Crippen MR) is 97.7 cm³/mol. The highest BCUT2D eigenvalue weighted by atomic mass is 127. The van der Waals surface area contributed by atoms with Crippen LogP contribution in [0.2, 0.25) is 0 Å². The van der Waals surface area contributed by atoms with E-state index in [9.17, 15) is 0 Å². The number of aliphatic hydroxyl groups is 1. The monoisotopic (exact) mass is 407 g/mol. The van der Waals surface area contributed by atoms with Crippen molar-refractivity contribution in [2.75, 3.05) is 26.3 Å². The zero-order chi connectivity index (χ0) is 14.8. The van der Waals surface area contributed by atoms with Crippen molar-refractivity contribution in [3.63, 3.8) is 0 Å². The molecule has 6 heteroatoms. The summed E-state index contributed by atoms with van der Waals surface area (Å²) in [6.45, 7) is 8.55. The van der Waals surface area contributed by atoms with Gasteiger partial charge in [0.25, 0.3) is 0 Å². The van der Waals surface area contributed by atoms with Crippen molar-refractivity contribution in [1.29, 1.82) is 0 Å². The van der Waals surface area contributed by atoms with Crippen LogP contribution >= 0.6 is 24.0 Å². The summed E-state index contributed by atoms with van der Waals surface area (Å²) >= 11 is 0. The first-order chi connectivity index (χ1) is 9.71. The Kier molecular flexibility index (Phi) is 11.1. The highest BCUT2D eigenvalue weighted by Gasteiger charge is 2.04. The second-order valence-corrected chi connectivity index (χ2v) is 4.39. The highest BCUT2D eigenvalue weighted by molar-refractivity contribution is 14.0. The second-order valence-electron chi connectivity index (χ2n) is 4.39. The summed E-state index contributed by atoms with van der Waals surface area (Å²) in [4.78, 5) is 4.50. The lowest BCUT2D eigenvalue weighted by Crippen LogP contribution is -2.38. The molecule has 0 radical (unpaired) electrons. The number of halogens is 1. The first kappa shape index (κ1) is 20.0. The Morgan fingerprint density at radius 1 is 1.29 bits per heavy atom. The molecule has 0 bridgehead atoms. The lowest BCUT2D eigenvalue weighted by Gasteiger charge is -2.12. The number of aliphatic hydroxyl groups excluding tert-OH is 1. The van der Waals surface area contributed by atoms with Crippen LogP contribution in [0.1, 0.15) is 25.0 Å². The summed E-state index contributed by atoms with van der Waals surface area (Å²) in [5.74, 6) is 1.58. The standard InChI is InChI=1S/C15H25N3O2.HI/c1-4-16-15(17-8-9-19)18-11-13-7-6-12(3)10-14(13)20-5-2;/h6-7,10,19H,4-5,8-9,11H2,1-3H3,(H2,16,17,18);1H. The fraction of sp³-hybridized carbons (Fsp3) is 0.533. The highest BCUT2D eigenvalue weighted by Crippen LogP contribution is 2.21. The molecule has 0 fully saturated rings. The number of ether oxygens (including phenoxy) is 1. The van der Waals surface area contributed by atoms with Crippen molar-refractivity contribution < 1.29 is 9.84 Å². The van der Waals surface area contributed by atoms with Crippen LogP contribution in [-0.4, -0.2) is 37.4 Å². The molecule has 0 spiro atoms. The molecular formula is C15H26IN3O2. The maximum absolute atomic E-state index is 8.85. The van der Waals surface area contributed by atoms with E-state index in [1.54, 1.807) is 0 Å². The number of nitrogens with zero attached hydrogens (tertiary/aromatic N) is 1. The van der Waals surface area contributed by atoms with Gasteiger partial charge < -0.3 is 20.5 Å². The molecule has 0 aromatic heterocycles. The van der Waals surface area contributed by atoms with Crippen LogP contribution in [-0.2, 0) is 6.54 Å². The van der Waals surface area contributed by atoms with Crippen molar-refractivity contribution in [3.05, 3.63) is 29.3 Å². The Bertz CT molecular complexity index is 439. The summed E-state index contributed by atoms with van der Waals surface area (Å²) in [7, 11) is 0. The van der Waals surface area contributed by atoms with E-state index >= 15 is 0 Å². The molecule has 120 valence electrons. The maximum Gasteiger partial charge on any atom is 0.191 e. The molecule has 0 saturated carbocycles. The smallest absolute Gasteiger partial charge is 0.191 e. The quantitative estimate of drug-likeness (QED) is 0.368. The largest absolute Gasteiger partial charge is 0.494 e. The van der Waals surface area contributed by atoms with Crippen LogP contribution < -0.4 is 15.4 Å². The van der Waals surface area contributed by atoms with Gasteiger partial charge in [0.05, 0.1) is 19.8 Å². The third kappa shape index (κ3) is 7.52. The minimum absolute atomic E-state index is 0. The first-order valence-electron chi connectivity index (χ1n) is 7.06. The normalized spacial score (nSPS) is 10.8. The van der Waals surface area contributed by atoms with Crippen LogP contribution in [0.3, 0.4) is 0 Å². The van der Waals surface area contributed by atoms with Crippen LogP contribution in [0.5, 0.6) is 5.75 Å². The number of nitrogens with one attached hydrogen (secondary N) is 2. The van der Waals surface area contributed by atoms with Gasteiger partial charge >= 0.3 is 0 Å². The molecule has 0 unspecified atom stereocenters. The molecule has 5 nitrogen and oxygen atoms in total. The van der Waals surface area contributed by atoms with Gasteiger partial charge in [-0.2, -0.15) is 0 Å². The molecule has 1 rings (SSSR count). The predicted octanol–water partition coefficient (Wildman–Crippen LogP) is 2.06. The van der Waals surface area contributed by atoms with Crippen molar-refractivity contribution in [2.24, 2.45) is 4.99 Å². The third-order valence-electron chi connectivity index (χ3n) is 2.68. The van der Waals surface area contributed by atoms with Gasteiger partial charge in [0.15, 0.2) is 5.96 Å². The summed E-state index contributed by atoms with van der Waals surface area (Å²) in [6.07, 6.45) is 0. The summed E-state index contributed by atoms with van der Waals surface area (Å²) < 4.78 is 5.64. The van der Waals surface area contributed by atoms with E-state index < -0.39 is 0 Å². The molecule has 0 aliphatic heterocycles. The molecule has 0 amide bonds. The van der Waals surface area contributed by atoms with E-state index in [-0.39, 0.29) is 30.6 Å². The van der Waals surface area contributed by atoms with Gasteiger partial charge in [-0.15, -0.1) is 24.0 Å². The van der Waals surface area contributed by atoms with E-state index in [0.717, 1.165) is 17.9 Å². The molecule has 0 heterocycles. The molecule has 0 aliphatic rings. The average molecular weight is 407 g/mol. The van der Waals surface area contributed by atoms with Gasteiger partial charge in [-0.05, 0) is 32.4 Å². The van der Waals surface area contributed by atoms with Crippen LogP contribution in [0.25, 0.3) is 0 Å². The zero-order valence-corrected chi connectivity index (χ0v) is 15.3. The summed E-state index contributed by atoms with van der Waals surface area (Å²) in [5, 5.41) is 15.0. The number of benzene rings is 1. The number of guanidine groups is 1. The van der Waals surface area contributed by atoms with Crippen LogP contribution in [0.4, 0.5) is 0 Å². The number of aliphatic imine (C=N–C) groups is 1. The van der Waals surface area contributed by atoms with Crippen molar-refractivity contribution in [2.45, 2.75) is 27.3 Å². The fourth-order valence-electron chi connectivity index (χ4n) is 1.76. The summed E-state index contributed by atoms with van der Waals surface area (Å²) in [6, 6.07) is 6.13. The van der Waals surface area contributed by atoms with E-state index in [0.29, 0.717) is 25.7 Å². The molecule has 0 atom stereocenters.